The average Bonchev–Trinajstić information content (AvgIpc) is 2.45. The second kappa shape index (κ2) is 8.72. The van der Waals surface area contributed by atoms with E-state index >= 15 is 0 Å². The number of nitrogens with one attached hydrogen (secondary N) is 2. The molecule has 1 rings (SSSR count). The SMILES string of the molecule is CCNS(=O)(=O)c1ccc(CN=C(N)NC(C)COC)cc1. The standard InChI is InChI=1S/C14H24N4O3S/c1-4-17-22(19,20)13-7-5-12(6-8-13)9-16-14(15)18-11(2)10-21-3/h5-8,11,17H,4,9-10H2,1-3H3,(H3,15,16,18). The number of aliphatic imine (C=N–C) groups is 1. The predicted molar refractivity (Wildman–Crippen MR) is 87.1 cm³/mol. The normalized spacial score (nSPS) is 13.9. The van der Waals surface area contributed by atoms with Gasteiger partial charge in [0.25, 0.3) is 0 Å². The Morgan fingerprint density at radius 3 is 2.55 bits per heavy atom. The summed E-state index contributed by atoms with van der Waals surface area (Å²) in [7, 11) is -1.80. The molecule has 0 fully saturated rings. The van der Waals surface area contributed by atoms with Crippen molar-refractivity contribution < 1.29 is 13.2 Å². The molecular formula is C14H24N4O3S. The van der Waals surface area contributed by atoms with Crippen molar-refractivity contribution in [2.45, 2.75) is 31.3 Å². The Kier molecular flexibility index (Phi) is 7.30. The Hall–Kier alpha value is -1.64. The monoisotopic (exact) mass is 328 g/mol. The second-order valence-corrected chi connectivity index (χ2v) is 6.61. The fraction of sp³-hybridized carbons (Fsp3) is 0.500. The summed E-state index contributed by atoms with van der Waals surface area (Å²) in [5.41, 5.74) is 6.64. The third-order valence-electron chi connectivity index (χ3n) is 2.81. The van der Waals surface area contributed by atoms with Crippen LogP contribution >= 0.6 is 0 Å². The van der Waals surface area contributed by atoms with Crippen molar-refractivity contribution >= 4 is 16.0 Å². The van der Waals surface area contributed by atoms with Crippen LogP contribution in [-0.2, 0) is 21.3 Å². The molecule has 0 aliphatic heterocycles. The molecule has 1 aromatic carbocycles. The van der Waals surface area contributed by atoms with E-state index in [1.807, 2.05) is 6.92 Å². The third-order valence-corrected chi connectivity index (χ3v) is 4.37. The number of sulfonamides is 1. The number of hydrogen-bond donors (Lipinski definition) is 3. The van der Waals surface area contributed by atoms with Gasteiger partial charge in [-0.2, -0.15) is 0 Å². The maximum absolute atomic E-state index is 11.8. The molecule has 0 aliphatic rings. The maximum Gasteiger partial charge on any atom is 0.240 e. The van der Waals surface area contributed by atoms with E-state index in [2.05, 4.69) is 15.0 Å². The van der Waals surface area contributed by atoms with Gasteiger partial charge < -0.3 is 15.8 Å². The smallest absolute Gasteiger partial charge is 0.240 e. The first-order valence-corrected chi connectivity index (χ1v) is 8.51. The zero-order valence-corrected chi connectivity index (χ0v) is 14.0. The summed E-state index contributed by atoms with van der Waals surface area (Å²) in [5, 5.41) is 3.00. The van der Waals surface area contributed by atoms with Gasteiger partial charge in [0.2, 0.25) is 10.0 Å². The number of guanidine groups is 1. The lowest BCUT2D eigenvalue weighted by Crippen LogP contribution is -2.40. The van der Waals surface area contributed by atoms with Gasteiger partial charge in [-0.1, -0.05) is 19.1 Å². The van der Waals surface area contributed by atoms with Crippen LogP contribution in [-0.4, -0.2) is 40.7 Å². The molecule has 7 nitrogen and oxygen atoms in total. The van der Waals surface area contributed by atoms with Crippen molar-refractivity contribution in [3.8, 4) is 0 Å². The zero-order valence-electron chi connectivity index (χ0n) is 13.2. The van der Waals surface area contributed by atoms with Crippen LogP contribution in [0.1, 0.15) is 19.4 Å². The van der Waals surface area contributed by atoms with Gasteiger partial charge in [-0.25, -0.2) is 18.1 Å². The van der Waals surface area contributed by atoms with Crippen LogP contribution in [0.3, 0.4) is 0 Å². The van der Waals surface area contributed by atoms with E-state index in [0.29, 0.717) is 25.7 Å². The Morgan fingerprint density at radius 2 is 2.00 bits per heavy atom. The first-order valence-electron chi connectivity index (χ1n) is 7.03. The van der Waals surface area contributed by atoms with E-state index in [-0.39, 0.29) is 10.9 Å². The summed E-state index contributed by atoms with van der Waals surface area (Å²) >= 11 is 0. The Morgan fingerprint density at radius 1 is 1.36 bits per heavy atom. The Labute approximate surface area is 132 Å². The largest absolute Gasteiger partial charge is 0.383 e. The van der Waals surface area contributed by atoms with E-state index in [4.69, 9.17) is 10.5 Å². The maximum atomic E-state index is 11.8. The Bertz CT molecular complexity index is 585. The van der Waals surface area contributed by atoms with E-state index in [9.17, 15) is 8.42 Å². The number of ether oxygens (including phenoxy) is 1. The van der Waals surface area contributed by atoms with Crippen LogP contribution in [0, 0.1) is 0 Å². The summed E-state index contributed by atoms with van der Waals surface area (Å²) in [6.45, 7) is 4.94. The highest BCUT2D eigenvalue weighted by Gasteiger charge is 2.11. The highest BCUT2D eigenvalue weighted by Crippen LogP contribution is 2.11. The summed E-state index contributed by atoms with van der Waals surface area (Å²) in [5.74, 6) is 0.328. The molecule has 1 aromatic rings. The van der Waals surface area contributed by atoms with Gasteiger partial charge in [-0.15, -0.1) is 0 Å². The molecule has 0 bridgehead atoms. The molecule has 0 saturated heterocycles. The van der Waals surface area contributed by atoms with Crippen LogP contribution in [0.25, 0.3) is 0 Å². The minimum Gasteiger partial charge on any atom is -0.383 e. The van der Waals surface area contributed by atoms with E-state index in [1.54, 1.807) is 38.3 Å². The van der Waals surface area contributed by atoms with Crippen LogP contribution in [0.2, 0.25) is 0 Å². The van der Waals surface area contributed by atoms with Crippen LogP contribution in [0.4, 0.5) is 0 Å². The fourth-order valence-electron chi connectivity index (χ4n) is 1.81. The predicted octanol–water partition coefficient (Wildman–Crippen LogP) is 0.424. The summed E-state index contributed by atoms with van der Waals surface area (Å²) in [6, 6.07) is 6.63. The summed E-state index contributed by atoms with van der Waals surface area (Å²) in [4.78, 5) is 4.45. The van der Waals surface area contributed by atoms with Gasteiger partial charge in [0.15, 0.2) is 5.96 Å². The number of nitrogens with two attached hydrogens (primary N) is 1. The topological polar surface area (TPSA) is 106 Å². The molecule has 0 amide bonds. The second-order valence-electron chi connectivity index (χ2n) is 4.85. The Balaban J connectivity index is 2.65. The van der Waals surface area contributed by atoms with E-state index < -0.39 is 10.0 Å². The van der Waals surface area contributed by atoms with Gasteiger partial charge in [-0.3, -0.25) is 0 Å². The van der Waals surface area contributed by atoms with Gasteiger partial charge >= 0.3 is 0 Å². The molecule has 0 aliphatic carbocycles. The first-order chi connectivity index (χ1) is 10.4. The molecule has 0 heterocycles. The lowest BCUT2D eigenvalue weighted by Gasteiger charge is -2.13. The molecule has 0 spiro atoms. The lowest BCUT2D eigenvalue weighted by molar-refractivity contribution is 0.179. The van der Waals surface area contributed by atoms with E-state index in [0.717, 1.165) is 5.56 Å². The summed E-state index contributed by atoms with van der Waals surface area (Å²) in [6.07, 6.45) is 0. The molecule has 22 heavy (non-hydrogen) atoms. The number of benzene rings is 1. The minimum atomic E-state index is -3.42. The van der Waals surface area contributed by atoms with Gasteiger partial charge in [0, 0.05) is 19.7 Å². The molecule has 4 N–H and O–H groups in total. The van der Waals surface area contributed by atoms with Gasteiger partial charge in [0.05, 0.1) is 18.0 Å². The van der Waals surface area contributed by atoms with Gasteiger partial charge in [-0.05, 0) is 24.6 Å². The quantitative estimate of drug-likeness (QED) is 0.474. The third kappa shape index (κ3) is 6.00. The molecule has 1 atom stereocenters. The number of methoxy groups -OCH3 is 1. The molecular weight excluding hydrogens is 304 g/mol. The number of rotatable bonds is 8. The van der Waals surface area contributed by atoms with Crippen LogP contribution < -0.4 is 15.8 Å². The van der Waals surface area contributed by atoms with Crippen molar-refractivity contribution in [3.63, 3.8) is 0 Å². The fourth-order valence-corrected chi connectivity index (χ4v) is 2.85. The molecule has 8 heteroatoms. The van der Waals surface area contributed by atoms with Crippen molar-refractivity contribution in [2.75, 3.05) is 20.3 Å². The zero-order chi connectivity index (χ0) is 16.6. The van der Waals surface area contributed by atoms with Crippen molar-refractivity contribution in [3.05, 3.63) is 29.8 Å². The van der Waals surface area contributed by atoms with Crippen LogP contribution in [0.15, 0.2) is 34.2 Å². The number of nitrogens with zero attached hydrogens (tertiary/aromatic N) is 1. The van der Waals surface area contributed by atoms with Crippen LogP contribution in [0.5, 0.6) is 0 Å². The highest BCUT2D eigenvalue weighted by atomic mass is 32.2. The summed E-state index contributed by atoms with van der Waals surface area (Å²) < 4.78 is 31.1. The van der Waals surface area contributed by atoms with Gasteiger partial charge in [0.1, 0.15) is 0 Å². The number of hydrogen-bond acceptors (Lipinski definition) is 4. The lowest BCUT2D eigenvalue weighted by atomic mass is 10.2. The molecule has 1 unspecified atom stereocenters. The van der Waals surface area contributed by atoms with Crippen molar-refractivity contribution in [1.29, 1.82) is 0 Å². The molecule has 0 radical (unpaired) electrons. The minimum absolute atomic E-state index is 0.0707. The molecule has 124 valence electrons. The van der Waals surface area contributed by atoms with Crippen molar-refractivity contribution in [2.24, 2.45) is 10.7 Å². The first kappa shape index (κ1) is 18.4. The molecule has 0 aromatic heterocycles. The molecule has 0 saturated carbocycles. The highest BCUT2D eigenvalue weighted by molar-refractivity contribution is 7.89. The van der Waals surface area contributed by atoms with E-state index in [1.165, 1.54) is 0 Å². The average molecular weight is 328 g/mol. The van der Waals surface area contributed by atoms with Crippen molar-refractivity contribution in [1.82, 2.24) is 10.0 Å².